The van der Waals surface area contributed by atoms with Crippen LogP contribution < -0.4 is 15.8 Å². The molecule has 1 aromatic heterocycles. The van der Waals surface area contributed by atoms with Gasteiger partial charge in [0.05, 0.1) is 6.54 Å². The van der Waals surface area contributed by atoms with E-state index in [0.29, 0.717) is 24.1 Å². The third kappa shape index (κ3) is 8.46. The standard InChI is InChI=1S/C19H25FN4O.HI/c1-2-3-4-5-11-22-19(21)24-14-15-9-10-18(23-13-15)25-17-8-6-7-16(20)12-17;/h6-10,12-13H,2-5,11,14H2,1H3,(H3,21,22,24);1H. The SMILES string of the molecule is CCCCCCNC(N)=NCc1ccc(Oc2cccc(F)c2)nc1.I. The predicted octanol–water partition coefficient (Wildman–Crippen LogP) is 4.62. The molecule has 0 radical (unpaired) electrons. The van der Waals surface area contributed by atoms with E-state index >= 15 is 0 Å². The molecule has 2 rings (SSSR count). The Hall–Kier alpha value is -1.90. The highest BCUT2D eigenvalue weighted by molar-refractivity contribution is 14.0. The number of halogens is 2. The zero-order valence-electron chi connectivity index (χ0n) is 15.0. The summed E-state index contributed by atoms with van der Waals surface area (Å²) in [6.07, 6.45) is 6.43. The summed E-state index contributed by atoms with van der Waals surface area (Å²) in [5.74, 6) is 0.910. The van der Waals surface area contributed by atoms with E-state index in [0.717, 1.165) is 18.5 Å². The lowest BCUT2D eigenvalue weighted by atomic mass is 10.2. The molecule has 2 aromatic rings. The average molecular weight is 472 g/mol. The Morgan fingerprint density at radius 3 is 2.77 bits per heavy atom. The number of benzene rings is 1. The monoisotopic (exact) mass is 472 g/mol. The minimum Gasteiger partial charge on any atom is -0.439 e. The molecule has 0 saturated heterocycles. The molecule has 0 spiro atoms. The van der Waals surface area contributed by atoms with Crippen LogP contribution in [0.25, 0.3) is 0 Å². The van der Waals surface area contributed by atoms with Crippen molar-refractivity contribution in [2.75, 3.05) is 6.54 Å². The number of ether oxygens (including phenoxy) is 1. The Balaban J connectivity index is 0.00000338. The number of pyridine rings is 1. The number of nitrogens with two attached hydrogens (primary N) is 1. The summed E-state index contributed by atoms with van der Waals surface area (Å²) in [4.78, 5) is 8.49. The molecule has 0 unspecified atom stereocenters. The van der Waals surface area contributed by atoms with E-state index in [9.17, 15) is 4.39 Å². The van der Waals surface area contributed by atoms with Crippen LogP contribution in [0.3, 0.4) is 0 Å². The number of unbranched alkanes of at least 4 members (excludes halogenated alkanes) is 3. The predicted molar refractivity (Wildman–Crippen MR) is 114 cm³/mol. The summed E-state index contributed by atoms with van der Waals surface area (Å²) in [7, 11) is 0. The third-order valence-corrected chi connectivity index (χ3v) is 3.58. The Morgan fingerprint density at radius 1 is 1.23 bits per heavy atom. The second-order valence-electron chi connectivity index (χ2n) is 5.75. The van der Waals surface area contributed by atoms with Crippen LogP contribution in [0, 0.1) is 5.82 Å². The van der Waals surface area contributed by atoms with E-state index in [1.165, 1.54) is 31.4 Å². The number of aromatic nitrogens is 1. The smallest absolute Gasteiger partial charge is 0.219 e. The van der Waals surface area contributed by atoms with Crippen LogP contribution in [0.15, 0.2) is 47.6 Å². The summed E-state index contributed by atoms with van der Waals surface area (Å²) in [6.45, 7) is 3.47. The molecule has 5 nitrogen and oxygen atoms in total. The topological polar surface area (TPSA) is 72.5 Å². The quantitative estimate of drug-likeness (QED) is 0.242. The second kappa shape index (κ2) is 12.5. The fraction of sp³-hybridized carbons (Fsp3) is 0.368. The number of hydrogen-bond acceptors (Lipinski definition) is 3. The molecule has 7 heteroatoms. The minimum absolute atomic E-state index is 0. The van der Waals surface area contributed by atoms with Crippen molar-refractivity contribution < 1.29 is 9.13 Å². The van der Waals surface area contributed by atoms with E-state index in [4.69, 9.17) is 10.5 Å². The summed E-state index contributed by atoms with van der Waals surface area (Å²) < 4.78 is 18.6. The van der Waals surface area contributed by atoms with Crippen molar-refractivity contribution >= 4 is 29.9 Å². The lowest BCUT2D eigenvalue weighted by molar-refractivity contribution is 0.457. The van der Waals surface area contributed by atoms with Gasteiger partial charge < -0.3 is 15.8 Å². The number of hydrogen-bond donors (Lipinski definition) is 2. The largest absolute Gasteiger partial charge is 0.439 e. The Kier molecular flexibility index (Phi) is 10.6. The molecular formula is C19H26FIN4O. The highest BCUT2D eigenvalue weighted by Gasteiger charge is 2.01. The summed E-state index contributed by atoms with van der Waals surface area (Å²) in [5, 5.41) is 3.11. The van der Waals surface area contributed by atoms with Crippen LogP contribution in [0.5, 0.6) is 11.6 Å². The number of rotatable bonds is 9. The molecule has 142 valence electrons. The first-order valence-corrected chi connectivity index (χ1v) is 8.59. The Bertz CT molecular complexity index is 679. The molecule has 0 bridgehead atoms. The molecule has 0 aliphatic carbocycles. The van der Waals surface area contributed by atoms with Crippen LogP contribution in [0.1, 0.15) is 38.2 Å². The van der Waals surface area contributed by atoms with Gasteiger partial charge in [-0.25, -0.2) is 14.4 Å². The Morgan fingerprint density at radius 2 is 2.08 bits per heavy atom. The summed E-state index contributed by atoms with van der Waals surface area (Å²) >= 11 is 0. The minimum atomic E-state index is -0.346. The van der Waals surface area contributed by atoms with Crippen LogP contribution >= 0.6 is 24.0 Å². The molecule has 26 heavy (non-hydrogen) atoms. The molecular weight excluding hydrogens is 446 g/mol. The lowest BCUT2D eigenvalue weighted by Gasteiger charge is -2.06. The van der Waals surface area contributed by atoms with Crippen molar-refractivity contribution in [2.24, 2.45) is 10.7 Å². The van der Waals surface area contributed by atoms with Gasteiger partial charge in [-0.05, 0) is 24.1 Å². The van der Waals surface area contributed by atoms with Crippen molar-refractivity contribution in [1.29, 1.82) is 0 Å². The van der Waals surface area contributed by atoms with Crippen molar-refractivity contribution in [3.05, 3.63) is 54.0 Å². The van der Waals surface area contributed by atoms with Crippen molar-refractivity contribution in [1.82, 2.24) is 10.3 Å². The number of nitrogens with zero attached hydrogens (tertiary/aromatic N) is 2. The molecule has 0 aliphatic rings. The lowest BCUT2D eigenvalue weighted by Crippen LogP contribution is -2.32. The maximum atomic E-state index is 13.1. The highest BCUT2D eigenvalue weighted by Crippen LogP contribution is 2.20. The number of aliphatic imine (C=N–C) groups is 1. The zero-order valence-corrected chi connectivity index (χ0v) is 17.3. The zero-order chi connectivity index (χ0) is 17.9. The molecule has 0 amide bonds. The van der Waals surface area contributed by atoms with Gasteiger partial charge >= 0.3 is 0 Å². The Labute approximate surface area is 171 Å². The van der Waals surface area contributed by atoms with Crippen LogP contribution in [0.2, 0.25) is 0 Å². The number of guanidine groups is 1. The van der Waals surface area contributed by atoms with Crippen LogP contribution in [0.4, 0.5) is 4.39 Å². The average Bonchev–Trinajstić information content (AvgIpc) is 2.61. The molecule has 1 aromatic carbocycles. The maximum absolute atomic E-state index is 13.1. The molecule has 0 atom stereocenters. The van der Waals surface area contributed by atoms with Gasteiger partial charge in [0, 0.05) is 24.9 Å². The molecule has 0 aliphatic heterocycles. The normalized spacial score (nSPS) is 10.9. The number of nitrogens with one attached hydrogen (secondary N) is 1. The van der Waals surface area contributed by atoms with Gasteiger partial charge in [0.1, 0.15) is 11.6 Å². The van der Waals surface area contributed by atoms with Crippen molar-refractivity contribution in [3.8, 4) is 11.6 Å². The maximum Gasteiger partial charge on any atom is 0.219 e. The first-order chi connectivity index (χ1) is 12.2. The fourth-order valence-electron chi connectivity index (χ4n) is 2.22. The second-order valence-corrected chi connectivity index (χ2v) is 5.75. The first-order valence-electron chi connectivity index (χ1n) is 8.59. The van der Waals surface area contributed by atoms with Gasteiger partial charge in [0.15, 0.2) is 5.96 Å². The van der Waals surface area contributed by atoms with Gasteiger partial charge in [0.25, 0.3) is 0 Å². The van der Waals surface area contributed by atoms with Gasteiger partial charge in [0.2, 0.25) is 5.88 Å². The highest BCUT2D eigenvalue weighted by atomic mass is 127. The van der Waals surface area contributed by atoms with E-state index in [-0.39, 0.29) is 29.8 Å². The van der Waals surface area contributed by atoms with Crippen LogP contribution in [-0.4, -0.2) is 17.5 Å². The third-order valence-electron chi connectivity index (χ3n) is 3.58. The molecule has 3 N–H and O–H groups in total. The van der Waals surface area contributed by atoms with Gasteiger partial charge in [-0.3, -0.25) is 0 Å². The van der Waals surface area contributed by atoms with Crippen molar-refractivity contribution in [3.63, 3.8) is 0 Å². The molecule has 1 heterocycles. The van der Waals surface area contributed by atoms with E-state index < -0.39 is 0 Å². The molecule has 0 fully saturated rings. The van der Waals surface area contributed by atoms with Crippen LogP contribution in [-0.2, 0) is 6.54 Å². The van der Waals surface area contributed by atoms with Gasteiger partial charge in [-0.2, -0.15) is 0 Å². The van der Waals surface area contributed by atoms with Crippen molar-refractivity contribution in [2.45, 2.75) is 39.2 Å². The fourth-order valence-corrected chi connectivity index (χ4v) is 2.22. The first kappa shape index (κ1) is 22.1. The molecule has 0 saturated carbocycles. The van der Waals surface area contributed by atoms with E-state index in [2.05, 4.69) is 22.2 Å². The van der Waals surface area contributed by atoms with Gasteiger partial charge in [-0.15, -0.1) is 24.0 Å². The summed E-state index contributed by atoms with van der Waals surface area (Å²) in [5.41, 5.74) is 6.76. The summed E-state index contributed by atoms with van der Waals surface area (Å²) in [6, 6.07) is 9.53. The van der Waals surface area contributed by atoms with E-state index in [1.807, 2.05) is 6.07 Å². The van der Waals surface area contributed by atoms with Gasteiger partial charge in [-0.1, -0.05) is 38.3 Å². The van der Waals surface area contributed by atoms with E-state index in [1.54, 1.807) is 24.4 Å².